The molecule has 4 nitrogen and oxygen atoms in total. The van der Waals surface area contributed by atoms with E-state index in [0.29, 0.717) is 0 Å². The second-order valence-electron chi connectivity index (χ2n) is 5.69. The minimum absolute atomic E-state index is 0.0333. The van der Waals surface area contributed by atoms with Crippen LogP contribution in [0.25, 0.3) is 6.08 Å². The number of carbonyl (C=O) groups is 1. The van der Waals surface area contributed by atoms with Crippen molar-refractivity contribution in [3.8, 4) is 0 Å². The summed E-state index contributed by atoms with van der Waals surface area (Å²) in [6.45, 7) is 4.69. The molecule has 1 heterocycles. The lowest BCUT2D eigenvalue weighted by molar-refractivity contribution is -0.116. The predicted molar refractivity (Wildman–Crippen MR) is 85.9 cm³/mol. The number of hydrogen-bond donors (Lipinski definition) is 1. The van der Waals surface area contributed by atoms with Crippen molar-refractivity contribution in [2.45, 2.75) is 46.0 Å². The molecule has 0 atom stereocenters. The minimum Gasteiger partial charge on any atom is -0.352 e. The van der Waals surface area contributed by atoms with Crippen LogP contribution in [0.3, 0.4) is 0 Å². The molecule has 1 aliphatic carbocycles. The highest BCUT2D eigenvalue weighted by atomic mass is 16.1. The zero-order valence-corrected chi connectivity index (χ0v) is 13.3. The number of carbonyl (C=O) groups excluding carboxylic acids is 1. The largest absolute Gasteiger partial charge is 0.352 e. The fourth-order valence-electron chi connectivity index (χ4n) is 2.73. The first-order chi connectivity index (χ1) is 10.1. The van der Waals surface area contributed by atoms with E-state index in [2.05, 4.69) is 16.5 Å². The smallest absolute Gasteiger partial charge is 0.244 e. The van der Waals surface area contributed by atoms with Crippen LogP contribution in [0.1, 0.15) is 49.1 Å². The molecular formula is C17H25N3O. The van der Waals surface area contributed by atoms with Crippen LogP contribution in [0.5, 0.6) is 0 Å². The van der Waals surface area contributed by atoms with Crippen molar-refractivity contribution >= 4 is 12.0 Å². The molecule has 1 N–H and O–H groups in total. The fourth-order valence-corrected chi connectivity index (χ4v) is 2.73. The number of nitrogens with zero attached hydrogens (tertiary/aromatic N) is 2. The van der Waals surface area contributed by atoms with Gasteiger partial charge in [0, 0.05) is 30.9 Å². The van der Waals surface area contributed by atoms with Gasteiger partial charge in [-0.2, -0.15) is 5.10 Å². The fraction of sp³-hybridized carbons (Fsp3) is 0.529. The van der Waals surface area contributed by atoms with Gasteiger partial charge in [-0.1, -0.05) is 11.6 Å². The first-order valence-electron chi connectivity index (χ1n) is 7.72. The summed E-state index contributed by atoms with van der Waals surface area (Å²) in [6.07, 6.45) is 11.8. The van der Waals surface area contributed by atoms with Crippen LogP contribution in [0.4, 0.5) is 0 Å². The van der Waals surface area contributed by atoms with E-state index >= 15 is 0 Å². The van der Waals surface area contributed by atoms with E-state index < -0.39 is 0 Å². The number of hydrogen-bond acceptors (Lipinski definition) is 2. The van der Waals surface area contributed by atoms with Crippen molar-refractivity contribution in [1.82, 2.24) is 15.1 Å². The average Bonchev–Trinajstić information content (AvgIpc) is 2.71. The maximum atomic E-state index is 11.8. The molecule has 0 spiro atoms. The van der Waals surface area contributed by atoms with E-state index in [1.165, 1.54) is 31.3 Å². The van der Waals surface area contributed by atoms with Gasteiger partial charge in [-0.3, -0.25) is 9.48 Å². The lowest BCUT2D eigenvalue weighted by atomic mass is 9.97. The van der Waals surface area contributed by atoms with Crippen molar-refractivity contribution < 1.29 is 4.79 Å². The Kier molecular flexibility index (Phi) is 5.37. The summed E-state index contributed by atoms with van der Waals surface area (Å²) < 4.78 is 1.84. The Bertz CT molecular complexity index is 567. The van der Waals surface area contributed by atoms with Gasteiger partial charge in [0.1, 0.15) is 0 Å². The van der Waals surface area contributed by atoms with E-state index in [4.69, 9.17) is 0 Å². The molecule has 1 aliphatic rings. The molecule has 0 aromatic carbocycles. The van der Waals surface area contributed by atoms with Crippen molar-refractivity contribution in [2.75, 3.05) is 6.54 Å². The number of rotatable bonds is 5. The monoisotopic (exact) mass is 287 g/mol. The highest BCUT2D eigenvalue weighted by molar-refractivity contribution is 5.91. The van der Waals surface area contributed by atoms with Gasteiger partial charge >= 0.3 is 0 Å². The molecule has 0 fully saturated rings. The van der Waals surface area contributed by atoms with Crippen LogP contribution >= 0.6 is 0 Å². The summed E-state index contributed by atoms with van der Waals surface area (Å²) in [5.74, 6) is -0.0333. The molecular weight excluding hydrogens is 262 g/mol. The standard InChI is InChI=1S/C17H25N3O/c1-13-16(14(2)20(3)19-13)9-10-17(21)18-12-11-15-7-5-4-6-8-15/h7,9-10H,4-6,8,11-12H2,1-3H3,(H,18,21)/b10-9+. The van der Waals surface area contributed by atoms with E-state index in [1.807, 2.05) is 31.7 Å². The average molecular weight is 287 g/mol. The molecule has 0 radical (unpaired) electrons. The number of nitrogens with one attached hydrogen (secondary N) is 1. The number of aromatic nitrogens is 2. The second-order valence-corrected chi connectivity index (χ2v) is 5.69. The number of aryl methyl sites for hydroxylation is 2. The molecule has 21 heavy (non-hydrogen) atoms. The summed E-state index contributed by atoms with van der Waals surface area (Å²) in [7, 11) is 1.91. The molecule has 4 heteroatoms. The highest BCUT2D eigenvalue weighted by Crippen LogP contribution is 2.19. The Hall–Kier alpha value is -1.84. The molecule has 0 saturated carbocycles. The lowest BCUT2D eigenvalue weighted by Crippen LogP contribution is -2.22. The summed E-state index contributed by atoms with van der Waals surface area (Å²) in [5, 5.41) is 7.29. The molecule has 0 bridgehead atoms. The first kappa shape index (κ1) is 15.5. The van der Waals surface area contributed by atoms with Crippen LogP contribution in [-0.4, -0.2) is 22.2 Å². The zero-order chi connectivity index (χ0) is 15.2. The third-order valence-electron chi connectivity index (χ3n) is 4.10. The SMILES string of the molecule is Cc1nn(C)c(C)c1/C=C/C(=O)NCCC1=CCCCC1. The maximum Gasteiger partial charge on any atom is 0.244 e. The maximum absolute atomic E-state index is 11.8. The topological polar surface area (TPSA) is 46.9 Å². The normalized spacial score (nSPS) is 15.3. The Balaban J connectivity index is 1.81. The summed E-state index contributed by atoms with van der Waals surface area (Å²) in [4.78, 5) is 11.8. The second kappa shape index (κ2) is 7.25. The van der Waals surface area contributed by atoms with Gasteiger partial charge in [0.25, 0.3) is 0 Å². The van der Waals surface area contributed by atoms with Crippen molar-refractivity contribution in [1.29, 1.82) is 0 Å². The van der Waals surface area contributed by atoms with Crippen molar-refractivity contribution in [3.05, 3.63) is 34.7 Å². The molecule has 1 aromatic rings. The van der Waals surface area contributed by atoms with Gasteiger partial charge in [0.05, 0.1) is 5.69 Å². The van der Waals surface area contributed by atoms with Crippen LogP contribution < -0.4 is 5.32 Å². The molecule has 1 aromatic heterocycles. The molecule has 0 unspecified atom stereocenters. The Morgan fingerprint density at radius 3 is 2.86 bits per heavy atom. The first-order valence-corrected chi connectivity index (χ1v) is 7.72. The Morgan fingerprint density at radius 2 is 2.24 bits per heavy atom. The van der Waals surface area contributed by atoms with Gasteiger partial charge in [-0.05, 0) is 52.0 Å². The minimum atomic E-state index is -0.0333. The third-order valence-corrected chi connectivity index (χ3v) is 4.10. The van der Waals surface area contributed by atoms with E-state index in [9.17, 15) is 4.79 Å². The molecule has 0 saturated heterocycles. The summed E-state index contributed by atoms with van der Waals surface area (Å²) in [6, 6.07) is 0. The zero-order valence-electron chi connectivity index (χ0n) is 13.3. The van der Waals surface area contributed by atoms with Gasteiger partial charge < -0.3 is 5.32 Å². The lowest BCUT2D eigenvalue weighted by Gasteiger charge is -2.12. The predicted octanol–water partition coefficient (Wildman–Crippen LogP) is 3.06. The van der Waals surface area contributed by atoms with Crippen LogP contribution in [-0.2, 0) is 11.8 Å². The van der Waals surface area contributed by atoms with Crippen LogP contribution in [0, 0.1) is 13.8 Å². The quantitative estimate of drug-likeness (QED) is 0.668. The van der Waals surface area contributed by atoms with Gasteiger partial charge in [-0.25, -0.2) is 0 Å². The summed E-state index contributed by atoms with van der Waals surface area (Å²) >= 11 is 0. The van der Waals surface area contributed by atoms with Gasteiger partial charge in [0.2, 0.25) is 5.91 Å². The molecule has 0 aliphatic heterocycles. The van der Waals surface area contributed by atoms with E-state index in [1.54, 1.807) is 6.08 Å². The highest BCUT2D eigenvalue weighted by Gasteiger charge is 2.07. The van der Waals surface area contributed by atoms with E-state index in [0.717, 1.165) is 29.9 Å². The summed E-state index contributed by atoms with van der Waals surface area (Å²) in [5.41, 5.74) is 4.54. The van der Waals surface area contributed by atoms with Gasteiger partial charge in [0.15, 0.2) is 0 Å². The van der Waals surface area contributed by atoms with Crippen LogP contribution in [0.15, 0.2) is 17.7 Å². The third kappa shape index (κ3) is 4.31. The van der Waals surface area contributed by atoms with Crippen molar-refractivity contribution in [2.24, 2.45) is 7.05 Å². The molecule has 2 rings (SSSR count). The molecule has 114 valence electrons. The van der Waals surface area contributed by atoms with Crippen LogP contribution in [0.2, 0.25) is 0 Å². The number of allylic oxidation sites excluding steroid dienone is 1. The number of amides is 1. The molecule has 1 amide bonds. The van der Waals surface area contributed by atoms with Crippen molar-refractivity contribution in [3.63, 3.8) is 0 Å². The Labute approximate surface area is 126 Å². The van der Waals surface area contributed by atoms with E-state index in [-0.39, 0.29) is 5.91 Å². The van der Waals surface area contributed by atoms with Gasteiger partial charge in [-0.15, -0.1) is 0 Å². The Morgan fingerprint density at radius 1 is 1.43 bits per heavy atom.